The van der Waals surface area contributed by atoms with E-state index < -0.39 is 0 Å². The predicted molar refractivity (Wildman–Crippen MR) is 125 cm³/mol. The number of H-pyrrole nitrogens is 1. The molecule has 2 heterocycles. The van der Waals surface area contributed by atoms with Gasteiger partial charge < -0.3 is 19.2 Å². The summed E-state index contributed by atoms with van der Waals surface area (Å²) < 4.78 is 15.8. The number of hydrogen-bond acceptors (Lipinski definition) is 7. The van der Waals surface area contributed by atoms with Crippen molar-refractivity contribution in [1.29, 1.82) is 0 Å². The van der Waals surface area contributed by atoms with E-state index in [1.165, 1.54) is 11.8 Å². The lowest BCUT2D eigenvalue weighted by Gasteiger charge is -2.15. The van der Waals surface area contributed by atoms with E-state index >= 15 is 0 Å². The fraction of sp³-hybridized carbons (Fsp3) is 0.208. The highest BCUT2D eigenvalue weighted by molar-refractivity contribution is 7.99. The lowest BCUT2D eigenvalue weighted by atomic mass is 10.1. The molecule has 9 heteroatoms. The zero-order valence-corrected chi connectivity index (χ0v) is 19.1. The van der Waals surface area contributed by atoms with Gasteiger partial charge >= 0.3 is 0 Å². The highest BCUT2D eigenvalue weighted by Crippen LogP contribution is 2.37. The summed E-state index contributed by atoms with van der Waals surface area (Å²) >= 11 is 1.43. The molecule has 0 bridgehead atoms. The van der Waals surface area contributed by atoms with Crippen molar-refractivity contribution in [2.45, 2.75) is 23.4 Å². The van der Waals surface area contributed by atoms with Crippen LogP contribution < -0.4 is 14.8 Å². The number of carbonyl (C=O) groups is 1. The van der Waals surface area contributed by atoms with Crippen LogP contribution in [0.1, 0.15) is 23.0 Å². The van der Waals surface area contributed by atoms with Crippen LogP contribution in [0.25, 0.3) is 11.4 Å². The van der Waals surface area contributed by atoms with Crippen molar-refractivity contribution < 1.29 is 18.7 Å². The minimum absolute atomic E-state index is 0.0920. The van der Waals surface area contributed by atoms with Crippen molar-refractivity contribution in [1.82, 2.24) is 20.5 Å². The number of thioether (sulfide) groups is 1. The van der Waals surface area contributed by atoms with Gasteiger partial charge in [0.15, 0.2) is 5.82 Å². The van der Waals surface area contributed by atoms with E-state index in [0.717, 1.165) is 22.6 Å². The van der Waals surface area contributed by atoms with Gasteiger partial charge in [0, 0.05) is 17.2 Å². The van der Waals surface area contributed by atoms with Crippen LogP contribution in [0, 0.1) is 0 Å². The molecule has 0 aliphatic heterocycles. The van der Waals surface area contributed by atoms with Gasteiger partial charge in [0.1, 0.15) is 17.3 Å². The average molecular weight is 465 g/mol. The standard InChI is InChI=1S/C24H24N4O4S/c1-30-18-9-5-16(6-10-18)21(14-22(29)25-15-20-4-3-13-32-20)33-24-26-23(27-28-24)17-7-11-19(31-2)12-8-17/h3-13,21H,14-15H2,1-2H3,(H,25,29)(H,26,27,28)/t21-/m1/s1. The molecule has 0 spiro atoms. The number of aromatic nitrogens is 3. The number of aromatic amines is 1. The second-order valence-electron chi connectivity index (χ2n) is 7.13. The summed E-state index contributed by atoms with van der Waals surface area (Å²) in [6.45, 7) is 0.341. The summed E-state index contributed by atoms with van der Waals surface area (Å²) in [6.07, 6.45) is 1.84. The monoisotopic (exact) mass is 464 g/mol. The molecule has 0 fully saturated rings. The van der Waals surface area contributed by atoms with Crippen molar-refractivity contribution in [2.75, 3.05) is 14.2 Å². The highest BCUT2D eigenvalue weighted by atomic mass is 32.2. The molecule has 0 radical (unpaired) electrons. The van der Waals surface area contributed by atoms with Crippen LogP contribution in [0.2, 0.25) is 0 Å². The van der Waals surface area contributed by atoms with Gasteiger partial charge in [-0.15, -0.1) is 5.10 Å². The normalized spacial score (nSPS) is 11.7. The van der Waals surface area contributed by atoms with Crippen LogP contribution in [-0.4, -0.2) is 35.3 Å². The molecule has 1 atom stereocenters. The molecule has 0 saturated heterocycles. The predicted octanol–water partition coefficient (Wildman–Crippen LogP) is 4.62. The molecular weight excluding hydrogens is 440 g/mol. The van der Waals surface area contributed by atoms with E-state index in [1.54, 1.807) is 26.5 Å². The van der Waals surface area contributed by atoms with Gasteiger partial charge in [-0.3, -0.25) is 9.89 Å². The van der Waals surface area contributed by atoms with Gasteiger partial charge in [0.05, 0.1) is 27.0 Å². The maximum atomic E-state index is 12.7. The molecule has 8 nitrogen and oxygen atoms in total. The third-order valence-electron chi connectivity index (χ3n) is 4.97. The van der Waals surface area contributed by atoms with Crippen molar-refractivity contribution in [3.8, 4) is 22.9 Å². The molecule has 2 aromatic carbocycles. The fourth-order valence-electron chi connectivity index (χ4n) is 3.19. The molecule has 2 aromatic heterocycles. The molecule has 0 unspecified atom stereocenters. The Labute approximate surface area is 195 Å². The number of rotatable bonds is 10. The maximum Gasteiger partial charge on any atom is 0.221 e. The molecule has 33 heavy (non-hydrogen) atoms. The van der Waals surface area contributed by atoms with Crippen molar-refractivity contribution in [3.05, 3.63) is 78.3 Å². The number of amides is 1. The van der Waals surface area contributed by atoms with Crippen LogP contribution in [0.15, 0.2) is 76.5 Å². The lowest BCUT2D eigenvalue weighted by Crippen LogP contribution is -2.23. The first kappa shape index (κ1) is 22.5. The van der Waals surface area contributed by atoms with Crippen LogP contribution in [0.4, 0.5) is 0 Å². The summed E-state index contributed by atoms with van der Waals surface area (Å²) in [5, 5.41) is 10.6. The van der Waals surface area contributed by atoms with Crippen LogP contribution in [0.5, 0.6) is 11.5 Å². The summed E-state index contributed by atoms with van der Waals surface area (Å²) in [5.41, 5.74) is 1.87. The van der Waals surface area contributed by atoms with Crippen LogP contribution >= 0.6 is 11.8 Å². The Morgan fingerprint density at radius 1 is 1.06 bits per heavy atom. The summed E-state index contributed by atoms with van der Waals surface area (Å²) in [6, 6.07) is 18.8. The molecule has 4 rings (SSSR count). The van der Waals surface area contributed by atoms with Crippen molar-refractivity contribution >= 4 is 17.7 Å². The Hall–Kier alpha value is -3.72. The first-order chi connectivity index (χ1) is 16.1. The number of benzene rings is 2. The maximum absolute atomic E-state index is 12.7. The quantitative estimate of drug-likeness (QED) is 0.330. The molecule has 0 saturated carbocycles. The Bertz CT molecular complexity index is 1160. The number of carbonyl (C=O) groups excluding carboxylic acids is 1. The second-order valence-corrected chi connectivity index (χ2v) is 8.30. The van der Waals surface area contributed by atoms with Gasteiger partial charge in [-0.25, -0.2) is 4.98 Å². The Kier molecular flexibility index (Phi) is 7.31. The zero-order valence-electron chi connectivity index (χ0n) is 18.3. The van der Waals surface area contributed by atoms with Gasteiger partial charge in [-0.1, -0.05) is 23.9 Å². The Morgan fingerprint density at radius 2 is 1.76 bits per heavy atom. The summed E-state index contributed by atoms with van der Waals surface area (Å²) in [5.74, 6) is 2.79. The first-order valence-corrected chi connectivity index (χ1v) is 11.2. The number of ether oxygens (including phenoxy) is 2. The summed E-state index contributed by atoms with van der Waals surface area (Å²) in [4.78, 5) is 17.3. The van der Waals surface area contributed by atoms with Crippen LogP contribution in [-0.2, 0) is 11.3 Å². The first-order valence-electron chi connectivity index (χ1n) is 10.3. The Morgan fingerprint density at radius 3 is 2.39 bits per heavy atom. The molecule has 0 aliphatic rings. The number of nitrogens with zero attached hydrogens (tertiary/aromatic N) is 2. The Balaban J connectivity index is 1.48. The van der Waals surface area contributed by atoms with Crippen molar-refractivity contribution in [3.63, 3.8) is 0 Å². The molecule has 0 aliphatic carbocycles. The van der Waals surface area contributed by atoms with Gasteiger partial charge in [0.25, 0.3) is 0 Å². The average Bonchev–Trinajstić information content (AvgIpc) is 3.55. The van der Waals surface area contributed by atoms with Crippen molar-refractivity contribution in [2.24, 2.45) is 0 Å². The number of hydrogen-bond donors (Lipinski definition) is 2. The molecule has 1 amide bonds. The summed E-state index contributed by atoms with van der Waals surface area (Å²) in [7, 11) is 3.25. The van der Waals surface area contributed by atoms with Crippen LogP contribution in [0.3, 0.4) is 0 Å². The zero-order chi connectivity index (χ0) is 23.0. The minimum Gasteiger partial charge on any atom is -0.497 e. The minimum atomic E-state index is -0.188. The molecule has 170 valence electrons. The van der Waals surface area contributed by atoms with Gasteiger partial charge in [-0.2, -0.15) is 0 Å². The largest absolute Gasteiger partial charge is 0.497 e. The third-order valence-corrected chi connectivity index (χ3v) is 6.09. The third kappa shape index (κ3) is 5.95. The van der Waals surface area contributed by atoms with E-state index in [9.17, 15) is 4.79 Å². The van der Waals surface area contributed by atoms with E-state index in [1.807, 2.05) is 54.6 Å². The molecule has 2 N–H and O–H groups in total. The van der Waals surface area contributed by atoms with E-state index in [2.05, 4.69) is 20.5 Å². The SMILES string of the molecule is COc1ccc(-c2nc(S[C@H](CC(=O)NCc3ccco3)c3ccc(OC)cc3)n[nH]2)cc1. The second kappa shape index (κ2) is 10.7. The van der Waals surface area contributed by atoms with E-state index in [4.69, 9.17) is 13.9 Å². The molecule has 4 aromatic rings. The van der Waals surface area contributed by atoms with E-state index in [0.29, 0.717) is 23.3 Å². The highest BCUT2D eigenvalue weighted by Gasteiger charge is 2.20. The topological polar surface area (TPSA) is 102 Å². The van der Waals surface area contributed by atoms with Gasteiger partial charge in [-0.05, 0) is 54.1 Å². The number of furan rings is 1. The molecular formula is C24H24N4O4S. The number of nitrogens with one attached hydrogen (secondary N) is 2. The lowest BCUT2D eigenvalue weighted by molar-refractivity contribution is -0.121. The van der Waals surface area contributed by atoms with E-state index in [-0.39, 0.29) is 17.6 Å². The number of methoxy groups -OCH3 is 2. The smallest absolute Gasteiger partial charge is 0.221 e. The fourth-order valence-corrected chi connectivity index (χ4v) is 4.21. The van der Waals surface area contributed by atoms with Gasteiger partial charge in [0.2, 0.25) is 11.1 Å².